The van der Waals surface area contributed by atoms with Crippen molar-refractivity contribution in [2.45, 2.75) is 38.6 Å². The van der Waals surface area contributed by atoms with E-state index in [-0.39, 0.29) is 12.4 Å². The minimum absolute atomic E-state index is 0.110. The molecule has 2 aromatic carbocycles. The molecule has 1 atom stereocenters. The van der Waals surface area contributed by atoms with Gasteiger partial charge in [-0.05, 0) is 32.0 Å². The molecule has 22 heavy (non-hydrogen) atoms. The highest BCUT2D eigenvalue weighted by molar-refractivity contribution is 5.48. The van der Waals surface area contributed by atoms with E-state index < -0.39 is 11.7 Å². The number of fused-ring (bicyclic) bond motifs is 1. The topological polar surface area (TPSA) is 38.7 Å². The van der Waals surface area contributed by atoms with Crippen molar-refractivity contribution in [3.8, 4) is 11.5 Å². The molecule has 0 aliphatic carbocycles. The van der Waals surface area contributed by atoms with Crippen molar-refractivity contribution in [2.24, 2.45) is 0 Å². The smallest absolute Gasteiger partial charge is 0.129 e. The third kappa shape index (κ3) is 2.92. The van der Waals surface area contributed by atoms with Crippen LogP contribution in [0.3, 0.4) is 0 Å². The molecule has 116 valence electrons. The SMILES string of the molecule is CC1(C)CC(O)c2c(OCc3ccccc3F)cccc2O1. The molecule has 3 rings (SSSR count). The van der Waals surface area contributed by atoms with E-state index in [0.717, 1.165) is 0 Å². The molecule has 0 radical (unpaired) electrons. The van der Waals surface area contributed by atoms with Gasteiger partial charge in [0.1, 0.15) is 29.5 Å². The first kappa shape index (κ1) is 14.9. The van der Waals surface area contributed by atoms with Gasteiger partial charge in [-0.3, -0.25) is 0 Å². The summed E-state index contributed by atoms with van der Waals surface area (Å²) in [6.45, 7) is 3.98. The molecule has 1 aliphatic rings. The molecule has 0 amide bonds. The Labute approximate surface area is 129 Å². The Morgan fingerprint density at radius 1 is 1.23 bits per heavy atom. The van der Waals surface area contributed by atoms with Crippen molar-refractivity contribution in [2.75, 3.05) is 0 Å². The Kier molecular flexibility index (Phi) is 3.79. The fourth-order valence-electron chi connectivity index (χ4n) is 2.75. The lowest BCUT2D eigenvalue weighted by Gasteiger charge is -2.36. The summed E-state index contributed by atoms with van der Waals surface area (Å²) < 4.78 is 25.3. The van der Waals surface area contributed by atoms with Gasteiger partial charge in [-0.15, -0.1) is 0 Å². The molecule has 1 N–H and O–H groups in total. The number of hydrogen-bond donors (Lipinski definition) is 1. The van der Waals surface area contributed by atoms with Gasteiger partial charge in [0.2, 0.25) is 0 Å². The molecule has 4 heteroatoms. The van der Waals surface area contributed by atoms with Crippen molar-refractivity contribution in [1.29, 1.82) is 0 Å². The third-order valence-corrected chi connectivity index (χ3v) is 3.77. The lowest BCUT2D eigenvalue weighted by Crippen LogP contribution is -2.35. The van der Waals surface area contributed by atoms with Crippen LogP contribution >= 0.6 is 0 Å². The van der Waals surface area contributed by atoms with Gasteiger partial charge in [-0.25, -0.2) is 4.39 Å². The van der Waals surface area contributed by atoms with E-state index in [4.69, 9.17) is 9.47 Å². The molecular weight excluding hydrogens is 283 g/mol. The van der Waals surface area contributed by atoms with Crippen LogP contribution in [0.1, 0.15) is 37.5 Å². The van der Waals surface area contributed by atoms with Crippen LogP contribution in [-0.2, 0) is 6.61 Å². The standard InChI is InChI=1S/C18H19FO3/c1-18(2)10-14(20)17-15(8-5-9-16(17)22-18)21-11-12-6-3-4-7-13(12)19/h3-9,14,20H,10-11H2,1-2H3. The number of hydrogen-bond acceptors (Lipinski definition) is 3. The summed E-state index contributed by atoms with van der Waals surface area (Å²) in [7, 11) is 0. The van der Waals surface area contributed by atoms with Crippen LogP contribution in [0, 0.1) is 5.82 Å². The number of halogens is 1. The monoisotopic (exact) mass is 302 g/mol. The van der Waals surface area contributed by atoms with Gasteiger partial charge in [0.25, 0.3) is 0 Å². The Hall–Kier alpha value is -2.07. The third-order valence-electron chi connectivity index (χ3n) is 3.77. The van der Waals surface area contributed by atoms with Crippen LogP contribution in [0.25, 0.3) is 0 Å². The van der Waals surface area contributed by atoms with Gasteiger partial charge in [0.15, 0.2) is 0 Å². The van der Waals surface area contributed by atoms with Gasteiger partial charge < -0.3 is 14.6 Å². The summed E-state index contributed by atoms with van der Waals surface area (Å²) in [6.07, 6.45) is -0.171. The van der Waals surface area contributed by atoms with E-state index in [0.29, 0.717) is 29.0 Å². The molecule has 0 saturated heterocycles. The molecule has 1 unspecified atom stereocenters. The molecule has 0 aromatic heterocycles. The van der Waals surface area contributed by atoms with Crippen molar-refractivity contribution in [3.63, 3.8) is 0 Å². The van der Waals surface area contributed by atoms with Crippen molar-refractivity contribution in [1.82, 2.24) is 0 Å². The maximum atomic E-state index is 13.7. The maximum absolute atomic E-state index is 13.7. The van der Waals surface area contributed by atoms with Gasteiger partial charge in [-0.1, -0.05) is 24.3 Å². The molecule has 0 bridgehead atoms. The second-order valence-electron chi connectivity index (χ2n) is 6.13. The average Bonchev–Trinajstić information content (AvgIpc) is 2.44. The highest BCUT2D eigenvalue weighted by Gasteiger charge is 2.34. The van der Waals surface area contributed by atoms with Crippen molar-refractivity contribution < 1.29 is 19.0 Å². The molecule has 1 heterocycles. The number of ether oxygens (including phenoxy) is 2. The van der Waals surface area contributed by atoms with Crippen LogP contribution in [0.5, 0.6) is 11.5 Å². The largest absolute Gasteiger partial charge is 0.488 e. The first-order valence-corrected chi connectivity index (χ1v) is 7.32. The fraction of sp³-hybridized carbons (Fsp3) is 0.333. The summed E-state index contributed by atoms with van der Waals surface area (Å²) in [6, 6.07) is 11.9. The van der Waals surface area contributed by atoms with E-state index in [2.05, 4.69) is 0 Å². The molecule has 3 nitrogen and oxygen atoms in total. The normalized spacial score (nSPS) is 19.2. The molecular formula is C18H19FO3. The second kappa shape index (κ2) is 5.61. The number of benzene rings is 2. The van der Waals surface area contributed by atoms with E-state index in [1.165, 1.54) is 6.07 Å². The van der Waals surface area contributed by atoms with Crippen LogP contribution in [-0.4, -0.2) is 10.7 Å². The Bertz CT molecular complexity index is 682. The quantitative estimate of drug-likeness (QED) is 0.931. The number of aliphatic hydroxyl groups excluding tert-OH is 1. The second-order valence-corrected chi connectivity index (χ2v) is 6.13. The Morgan fingerprint density at radius 3 is 2.77 bits per heavy atom. The van der Waals surface area contributed by atoms with E-state index in [9.17, 15) is 9.50 Å². The number of aliphatic hydroxyl groups is 1. The summed E-state index contributed by atoms with van der Waals surface area (Å²) in [5, 5.41) is 10.4. The van der Waals surface area contributed by atoms with E-state index in [1.54, 1.807) is 24.3 Å². The zero-order valence-corrected chi connectivity index (χ0v) is 12.7. The van der Waals surface area contributed by atoms with Crippen LogP contribution in [0.15, 0.2) is 42.5 Å². The predicted molar refractivity (Wildman–Crippen MR) is 81.5 cm³/mol. The summed E-state index contributed by atoms with van der Waals surface area (Å²) >= 11 is 0. The van der Waals surface area contributed by atoms with Gasteiger partial charge >= 0.3 is 0 Å². The minimum Gasteiger partial charge on any atom is -0.488 e. The van der Waals surface area contributed by atoms with Crippen LogP contribution in [0.2, 0.25) is 0 Å². The molecule has 0 fully saturated rings. The Morgan fingerprint density at radius 2 is 2.00 bits per heavy atom. The van der Waals surface area contributed by atoms with Gasteiger partial charge in [0, 0.05) is 12.0 Å². The highest BCUT2D eigenvalue weighted by Crippen LogP contribution is 2.44. The molecule has 0 spiro atoms. The Balaban J connectivity index is 1.86. The molecule has 2 aromatic rings. The van der Waals surface area contributed by atoms with Crippen LogP contribution in [0.4, 0.5) is 4.39 Å². The average molecular weight is 302 g/mol. The molecule has 0 saturated carbocycles. The zero-order chi connectivity index (χ0) is 15.7. The number of rotatable bonds is 3. The lowest BCUT2D eigenvalue weighted by molar-refractivity contribution is 0.00948. The minimum atomic E-state index is -0.657. The van der Waals surface area contributed by atoms with Crippen molar-refractivity contribution >= 4 is 0 Å². The maximum Gasteiger partial charge on any atom is 0.129 e. The van der Waals surface area contributed by atoms with E-state index >= 15 is 0 Å². The zero-order valence-electron chi connectivity index (χ0n) is 12.7. The molecule has 1 aliphatic heterocycles. The lowest BCUT2D eigenvalue weighted by atomic mass is 9.91. The van der Waals surface area contributed by atoms with E-state index in [1.807, 2.05) is 26.0 Å². The fourth-order valence-corrected chi connectivity index (χ4v) is 2.75. The van der Waals surface area contributed by atoms with Crippen LogP contribution < -0.4 is 9.47 Å². The predicted octanol–water partition coefficient (Wildman–Crippen LogP) is 4.00. The summed E-state index contributed by atoms with van der Waals surface area (Å²) in [5.41, 5.74) is 0.696. The van der Waals surface area contributed by atoms with Crippen molar-refractivity contribution in [3.05, 3.63) is 59.4 Å². The first-order valence-electron chi connectivity index (χ1n) is 7.32. The summed E-state index contributed by atoms with van der Waals surface area (Å²) in [4.78, 5) is 0. The van der Waals surface area contributed by atoms with Gasteiger partial charge in [0.05, 0.1) is 11.7 Å². The van der Waals surface area contributed by atoms with Gasteiger partial charge in [-0.2, -0.15) is 0 Å². The highest BCUT2D eigenvalue weighted by atomic mass is 19.1. The summed E-state index contributed by atoms with van der Waals surface area (Å²) in [5.74, 6) is 0.851. The first-order chi connectivity index (χ1) is 10.5.